The van der Waals surface area contributed by atoms with Crippen LogP contribution in [0.15, 0.2) is 12.3 Å². The van der Waals surface area contributed by atoms with Crippen LogP contribution in [0.5, 0.6) is 0 Å². The predicted octanol–water partition coefficient (Wildman–Crippen LogP) is 3.03. The fraction of sp³-hybridized carbons (Fsp3) is 0.800. The highest BCUT2D eigenvalue weighted by atomic mass is 16.5. The first-order chi connectivity index (χ1) is 9.23. The van der Waals surface area contributed by atoms with Gasteiger partial charge in [-0.1, -0.05) is 26.2 Å². The molecule has 4 nitrogen and oxygen atoms in total. The van der Waals surface area contributed by atoms with E-state index in [1.807, 2.05) is 10.9 Å². The van der Waals surface area contributed by atoms with Crippen LogP contribution in [0.3, 0.4) is 0 Å². The molecule has 2 rings (SSSR count). The van der Waals surface area contributed by atoms with Crippen molar-refractivity contribution in [3.63, 3.8) is 0 Å². The molecule has 2 N–H and O–H groups in total. The summed E-state index contributed by atoms with van der Waals surface area (Å²) >= 11 is 0. The van der Waals surface area contributed by atoms with E-state index in [0.717, 1.165) is 38.1 Å². The number of ether oxygens (including phenoxy) is 1. The van der Waals surface area contributed by atoms with Crippen LogP contribution >= 0.6 is 0 Å². The number of aryl methyl sites for hydroxylation is 1. The average Bonchev–Trinajstić information content (AvgIpc) is 2.88. The minimum atomic E-state index is -0.182. The van der Waals surface area contributed by atoms with Crippen LogP contribution in [0, 0.1) is 0 Å². The molecule has 0 aliphatic heterocycles. The number of rotatable bonds is 6. The van der Waals surface area contributed by atoms with Gasteiger partial charge in [0.05, 0.1) is 17.3 Å². The van der Waals surface area contributed by atoms with Gasteiger partial charge in [0.1, 0.15) is 0 Å². The molecule has 0 radical (unpaired) electrons. The van der Waals surface area contributed by atoms with E-state index in [4.69, 9.17) is 10.5 Å². The van der Waals surface area contributed by atoms with Gasteiger partial charge in [-0.25, -0.2) is 0 Å². The van der Waals surface area contributed by atoms with E-state index in [1.54, 1.807) is 0 Å². The van der Waals surface area contributed by atoms with Gasteiger partial charge in [0, 0.05) is 19.3 Å². The van der Waals surface area contributed by atoms with Crippen molar-refractivity contribution < 1.29 is 4.74 Å². The number of aromatic nitrogens is 2. The van der Waals surface area contributed by atoms with Gasteiger partial charge in [0.15, 0.2) is 0 Å². The third kappa shape index (κ3) is 3.00. The molecular formula is C15H27N3O. The van der Waals surface area contributed by atoms with E-state index in [9.17, 15) is 0 Å². The molecule has 1 unspecified atom stereocenters. The van der Waals surface area contributed by atoms with Crippen LogP contribution in [0.1, 0.15) is 64.1 Å². The van der Waals surface area contributed by atoms with Crippen molar-refractivity contribution >= 4 is 0 Å². The largest absolute Gasteiger partial charge is 0.373 e. The summed E-state index contributed by atoms with van der Waals surface area (Å²) < 4.78 is 8.16. The van der Waals surface area contributed by atoms with Gasteiger partial charge in [-0.15, -0.1) is 0 Å². The molecule has 1 aromatic heterocycles. The van der Waals surface area contributed by atoms with E-state index < -0.39 is 0 Å². The molecule has 1 heterocycles. The van der Waals surface area contributed by atoms with Crippen LogP contribution in [0.25, 0.3) is 0 Å². The first-order valence-corrected chi connectivity index (χ1v) is 7.64. The summed E-state index contributed by atoms with van der Waals surface area (Å²) in [7, 11) is 0. The summed E-state index contributed by atoms with van der Waals surface area (Å²) in [6.07, 6.45) is 8.80. The van der Waals surface area contributed by atoms with Gasteiger partial charge < -0.3 is 10.5 Å². The molecule has 1 aliphatic rings. The fourth-order valence-corrected chi connectivity index (χ4v) is 3.26. The molecule has 1 aromatic rings. The molecule has 19 heavy (non-hydrogen) atoms. The van der Waals surface area contributed by atoms with Crippen molar-refractivity contribution in [2.24, 2.45) is 5.73 Å². The fourth-order valence-electron chi connectivity index (χ4n) is 3.26. The zero-order valence-corrected chi connectivity index (χ0v) is 12.3. The second-order valence-electron chi connectivity index (χ2n) is 5.52. The van der Waals surface area contributed by atoms with E-state index in [2.05, 4.69) is 25.0 Å². The molecule has 108 valence electrons. The molecule has 0 amide bonds. The summed E-state index contributed by atoms with van der Waals surface area (Å²) in [5.41, 5.74) is 7.52. The summed E-state index contributed by atoms with van der Waals surface area (Å²) in [6, 6.07) is 1.98. The Hall–Kier alpha value is -0.870. The van der Waals surface area contributed by atoms with E-state index in [1.165, 1.54) is 19.3 Å². The van der Waals surface area contributed by atoms with Crippen molar-refractivity contribution in [3.8, 4) is 0 Å². The van der Waals surface area contributed by atoms with Gasteiger partial charge in [0.25, 0.3) is 0 Å². The Morgan fingerprint density at radius 3 is 2.74 bits per heavy atom. The number of hydrogen-bond acceptors (Lipinski definition) is 3. The zero-order valence-electron chi connectivity index (χ0n) is 12.3. The van der Waals surface area contributed by atoms with E-state index in [-0.39, 0.29) is 11.6 Å². The molecule has 1 atom stereocenters. The number of nitrogens with zero attached hydrogens (tertiary/aromatic N) is 2. The maximum absolute atomic E-state index is 6.58. The quantitative estimate of drug-likeness (QED) is 0.860. The Balaban J connectivity index is 2.22. The Bertz CT molecular complexity index is 377. The van der Waals surface area contributed by atoms with Crippen molar-refractivity contribution in [2.45, 2.75) is 70.6 Å². The Morgan fingerprint density at radius 1 is 1.37 bits per heavy atom. The second kappa shape index (κ2) is 6.53. The smallest absolute Gasteiger partial charge is 0.0889 e. The lowest BCUT2D eigenvalue weighted by atomic mass is 9.78. The highest BCUT2D eigenvalue weighted by molar-refractivity contribution is 5.13. The molecule has 0 spiro atoms. The lowest BCUT2D eigenvalue weighted by molar-refractivity contribution is -0.0846. The molecular weight excluding hydrogens is 238 g/mol. The molecule has 0 bridgehead atoms. The minimum Gasteiger partial charge on any atom is -0.373 e. The third-order valence-corrected chi connectivity index (χ3v) is 4.20. The summed E-state index contributed by atoms with van der Waals surface area (Å²) in [5.74, 6) is 0. The number of nitrogens with two attached hydrogens (primary N) is 1. The highest BCUT2D eigenvalue weighted by Crippen LogP contribution is 2.40. The lowest BCUT2D eigenvalue weighted by Crippen LogP contribution is -2.46. The van der Waals surface area contributed by atoms with Gasteiger partial charge in [0.2, 0.25) is 0 Å². The number of hydrogen-bond donors (Lipinski definition) is 1. The highest BCUT2D eigenvalue weighted by Gasteiger charge is 2.40. The third-order valence-electron chi connectivity index (χ3n) is 4.20. The molecule has 0 saturated heterocycles. The van der Waals surface area contributed by atoms with Gasteiger partial charge in [-0.3, -0.25) is 4.68 Å². The zero-order chi connectivity index (χ0) is 13.7. The maximum Gasteiger partial charge on any atom is 0.0889 e. The standard InChI is InChI=1S/C15H27N3O/c1-3-12-18-13(8-11-17-18)14(16)15(19-4-2)9-6-5-7-10-15/h8,11,14H,3-7,9-10,12,16H2,1-2H3. The molecule has 1 saturated carbocycles. The van der Waals surface area contributed by atoms with Gasteiger partial charge in [-0.05, 0) is 32.3 Å². The molecule has 1 fully saturated rings. The van der Waals surface area contributed by atoms with Crippen LogP contribution in [0.2, 0.25) is 0 Å². The Morgan fingerprint density at radius 2 is 2.11 bits per heavy atom. The van der Waals surface area contributed by atoms with Gasteiger partial charge in [-0.2, -0.15) is 5.10 Å². The lowest BCUT2D eigenvalue weighted by Gasteiger charge is -2.41. The Kier molecular flexibility index (Phi) is 4.99. The molecule has 4 heteroatoms. The SMILES string of the molecule is CCCn1nccc1C(N)C1(OCC)CCCCC1. The van der Waals surface area contributed by atoms with Crippen molar-refractivity contribution in [1.82, 2.24) is 9.78 Å². The average molecular weight is 265 g/mol. The van der Waals surface area contributed by atoms with Crippen molar-refractivity contribution in [3.05, 3.63) is 18.0 Å². The van der Waals surface area contributed by atoms with Crippen molar-refractivity contribution in [2.75, 3.05) is 6.61 Å². The maximum atomic E-state index is 6.58. The monoisotopic (exact) mass is 265 g/mol. The normalized spacial score (nSPS) is 20.4. The van der Waals surface area contributed by atoms with E-state index in [0.29, 0.717) is 0 Å². The summed E-state index contributed by atoms with van der Waals surface area (Å²) in [4.78, 5) is 0. The minimum absolute atomic E-state index is 0.0678. The first-order valence-electron chi connectivity index (χ1n) is 7.64. The molecule has 0 aromatic carbocycles. The van der Waals surface area contributed by atoms with Crippen LogP contribution in [-0.2, 0) is 11.3 Å². The predicted molar refractivity (Wildman–Crippen MR) is 76.9 cm³/mol. The second-order valence-corrected chi connectivity index (χ2v) is 5.52. The van der Waals surface area contributed by atoms with Crippen LogP contribution in [0.4, 0.5) is 0 Å². The van der Waals surface area contributed by atoms with Crippen molar-refractivity contribution in [1.29, 1.82) is 0 Å². The Labute approximate surface area is 116 Å². The first kappa shape index (κ1) is 14.5. The molecule has 1 aliphatic carbocycles. The van der Waals surface area contributed by atoms with E-state index >= 15 is 0 Å². The summed E-state index contributed by atoms with van der Waals surface area (Å²) in [6.45, 7) is 5.89. The summed E-state index contributed by atoms with van der Waals surface area (Å²) in [5, 5.41) is 4.39. The topological polar surface area (TPSA) is 53.1 Å². The van der Waals surface area contributed by atoms with Gasteiger partial charge >= 0.3 is 0 Å². The van der Waals surface area contributed by atoms with Crippen LogP contribution < -0.4 is 5.73 Å². The van der Waals surface area contributed by atoms with Crippen LogP contribution in [-0.4, -0.2) is 22.0 Å².